The molecule has 1 atom stereocenters. The molecule has 1 fully saturated rings. The Balaban J connectivity index is 1.68. The number of hydrogen-bond acceptors (Lipinski definition) is 6. The van der Waals surface area contributed by atoms with Crippen LogP contribution >= 0.6 is 11.3 Å². The van der Waals surface area contributed by atoms with E-state index in [4.69, 9.17) is 5.73 Å². The molecule has 3 N–H and O–H groups in total. The van der Waals surface area contributed by atoms with Gasteiger partial charge in [-0.05, 0) is 30.5 Å². The van der Waals surface area contributed by atoms with Crippen LogP contribution < -0.4 is 11.1 Å². The Morgan fingerprint density at radius 1 is 1.12 bits per heavy atom. The summed E-state index contributed by atoms with van der Waals surface area (Å²) in [5, 5.41) is 4.57. The SMILES string of the molecule is C[C@H](C(=O)Nc1sccc1C(N)=O)N1CCN(S(=O)(=O)c2ccccc2C(F)(F)F)CC1. The van der Waals surface area contributed by atoms with Gasteiger partial charge in [0.1, 0.15) is 5.00 Å². The average Bonchev–Trinajstić information content (AvgIpc) is 3.21. The second kappa shape index (κ2) is 9.17. The van der Waals surface area contributed by atoms with Crippen molar-refractivity contribution in [3.05, 3.63) is 46.8 Å². The number of rotatable bonds is 6. The summed E-state index contributed by atoms with van der Waals surface area (Å²) in [5.41, 5.74) is 4.25. The predicted octanol–water partition coefficient (Wildman–Crippen LogP) is 2.20. The predicted molar refractivity (Wildman–Crippen MR) is 113 cm³/mol. The zero-order valence-electron chi connectivity index (χ0n) is 16.9. The molecular formula is C19H21F3N4O4S2. The van der Waals surface area contributed by atoms with Gasteiger partial charge in [-0.25, -0.2) is 8.42 Å². The van der Waals surface area contributed by atoms with Gasteiger partial charge in [0.05, 0.1) is 22.1 Å². The van der Waals surface area contributed by atoms with Crippen LogP contribution in [-0.2, 0) is 21.0 Å². The van der Waals surface area contributed by atoms with Crippen molar-refractivity contribution in [1.82, 2.24) is 9.21 Å². The zero-order valence-corrected chi connectivity index (χ0v) is 18.6. The molecule has 0 spiro atoms. The number of alkyl halides is 3. The molecule has 1 aliphatic heterocycles. The van der Waals surface area contributed by atoms with E-state index in [1.165, 1.54) is 12.1 Å². The molecule has 0 radical (unpaired) electrons. The molecule has 0 aliphatic carbocycles. The number of thiophene rings is 1. The van der Waals surface area contributed by atoms with Crippen molar-refractivity contribution in [2.45, 2.75) is 24.0 Å². The van der Waals surface area contributed by atoms with Gasteiger partial charge in [-0.1, -0.05) is 12.1 Å². The van der Waals surface area contributed by atoms with E-state index in [-0.39, 0.29) is 31.7 Å². The standard InChI is InChI=1S/C19H21F3N4O4S2/c1-12(17(28)24-18-13(16(23)27)6-11-31-18)25-7-9-26(10-8-25)32(29,30)15-5-3-2-4-14(15)19(20,21)22/h2-6,11-12H,7-10H2,1H3,(H2,23,27)(H,24,28)/t12-/m1/s1. The molecule has 1 aromatic carbocycles. The summed E-state index contributed by atoms with van der Waals surface area (Å²) < 4.78 is 66.5. The highest BCUT2D eigenvalue weighted by Crippen LogP contribution is 2.35. The van der Waals surface area contributed by atoms with E-state index in [0.29, 0.717) is 5.00 Å². The summed E-state index contributed by atoms with van der Waals surface area (Å²) in [6.07, 6.45) is -4.80. The molecule has 3 rings (SSSR count). The number of hydrogen-bond donors (Lipinski definition) is 2. The highest BCUT2D eigenvalue weighted by molar-refractivity contribution is 7.89. The van der Waals surface area contributed by atoms with Gasteiger partial charge in [0, 0.05) is 26.2 Å². The number of carbonyl (C=O) groups is 2. The van der Waals surface area contributed by atoms with Crippen molar-refractivity contribution in [3.8, 4) is 0 Å². The summed E-state index contributed by atoms with van der Waals surface area (Å²) in [5.74, 6) is -1.08. The minimum absolute atomic E-state index is 0.0717. The molecule has 13 heteroatoms. The lowest BCUT2D eigenvalue weighted by Gasteiger charge is -2.37. The lowest BCUT2D eigenvalue weighted by molar-refractivity contribution is -0.140. The van der Waals surface area contributed by atoms with Crippen LogP contribution in [0.15, 0.2) is 40.6 Å². The molecule has 1 saturated heterocycles. The molecule has 0 unspecified atom stereocenters. The van der Waals surface area contributed by atoms with Gasteiger partial charge in [-0.2, -0.15) is 17.5 Å². The molecule has 32 heavy (non-hydrogen) atoms. The number of anilines is 1. The van der Waals surface area contributed by atoms with E-state index in [9.17, 15) is 31.2 Å². The van der Waals surface area contributed by atoms with Crippen LogP contribution in [0.3, 0.4) is 0 Å². The first-order valence-electron chi connectivity index (χ1n) is 9.51. The summed E-state index contributed by atoms with van der Waals surface area (Å²) >= 11 is 1.14. The lowest BCUT2D eigenvalue weighted by Crippen LogP contribution is -2.54. The maximum Gasteiger partial charge on any atom is 0.417 e. The van der Waals surface area contributed by atoms with E-state index < -0.39 is 44.5 Å². The number of primary amides is 1. The third-order valence-electron chi connectivity index (χ3n) is 5.18. The molecule has 2 aromatic rings. The largest absolute Gasteiger partial charge is 0.417 e. The molecule has 1 aromatic heterocycles. The molecule has 174 valence electrons. The van der Waals surface area contributed by atoms with Gasteiger partial charge < -0.3 is 11.1 Å². The Labute approximate surface area is 186 Å². The van der Waals surface area contributed by atoms with E-state index in [2.05, 4.69) is 5.32 Å². The van der Waals surface area contributed by atoms with Crippen LogP contribution in [0.1, 0.15) is 22.8 Å². The van der Waals surface area contributed by atoms with Crippen molar-refractivity contribution in [2.24, 2.45) is 5.73 Å². The quantitative estimate of drug-likeness (QED) is 0.645. The third-order valence-corrected chi connectivity index (χ3v) is 7.96. The van der Waals surface area contributed by atoms with Crippen molar-refractivity contribution in [1.29, 1.82) is 0 Å². The molecule has 0 bridgehead atoms. The minimum atomic E-state index is -4.80. The Bertz CT molecular complexity index is 1110. The van der Waals surface area contributed by atoms with Crippen molar-refractivity contribution in [2.75, 3.05) is 31.5 Å². The second-order valence-electron chi connectivity index (χ2n) is 7.13. The van der Waals surface area contributed by atoms with Crippen molar-refractivity contribution < 1.29 is 31.2 Å². The molecule has 0 saturated carbocycles. The van der Waals surface area contributed by atoms with E-state index >= 15 is 0 Å². The lowest BCUT2D eigenvalue weighted by atomic mass is 10.2. The van der Waals surface area contributed by atoms with Crippen LogP contribution in [0.4, 0.5) is 18.2 Å². The fourth-order valence-electron chi connectivity index (χ4n) is 3.38. The van der Waals surface area contributed by atoms with Crippen LogP contribution in [-0.4, -0.2) is 61.7 Å². The van der Waals surface area contributed by atoms with E-state index in [1.54, 1.807) is 17.2 Å². The fraction of sp³-hybridized carbons (Fsp3) is 0.368. The van der Waals surface area contributed by atoms with Gasteiger partial charge in [-0.15, -0.1) is 11.3 Å². The minimum Gasteiger partial charge on any atom is -0.366 e. The molecular weight excluding hydrogens is 469 g/mol. The second-order valence-corrected chi connectivity index (χ2v) is 9.95. The average molecular weight is 491 g/mol. The van der Waals surface area contributed by atoms with Crippen LogP contribution in [0.5, 0.6) is 0 Å². The molecule has 1 aliphatic rings. The van der Waals surface area contributed by atoms with Gasteiger partial charge in [0.15, 0.2) is 0 Å². The monoisotopic (exact) mass is 490 g/mol. The third kappa shape index (κ3) is 4.95. The first-order valence-corrected chi connectivity index (χ1v) is 11.8. The molecule has 2 amide bonds. The first kappa shape index (κ1) is 24.2. The number of nitrogens with zero attached hydrogens (tertiary/aromatic N) is 2. The number of halogens is 3. The summed E-state index contributed by atoms with van der Waals surface area (Å²) in [6.45, 7) is 1.77. The summed E-state index contributed by atoms with van der Waals surface area (Å²) in [7, 11) is -4.36. The normalized spacial score (nSPS) is 17.1. The fourth-order valence-corrected chi connectivity index (χ4v) is 5.81. The van der Waals surface area contributed by atoms with Crippen LogP contribution in [0.2, 0.25) is 0 Å². The van der Waals surface area contributed by atoms with Crippen molar-refractivity contribution >= 4 is 38.2 Å². The maximum atomic E-state index is 13.3. The number of piperazine rings is 1. The van der Waals surface area contributed by atoms with E-state index in [0.717, 1.165) is 33.8 Å². The van der Waals surface area contributed by atoms with Crippen molar-refractivity contribution in [3.63, 3.8) is 0 Å². The summed E-state index contributed by atoms with van der Waals surface area (Å²) in [6, 6.07) is 4.89. The Kier molecular flexibility index (Phi) is 6.93. The highest BCUT2D eigenvalue weighted by atomic mass is 32.2. The number of carbonyl (C=O) groups excluding carboxylic acids is 2. The van der Waals surface area contributed by atoms with Gasteiger partial charge in [0.2, 0.25) is 15.9 Å². The molecule has 2 heterocycles. The number of nitrogens with one attached hydrogen (secondary N) is 1. The van der Waals surface area contributed by atoms with Gasteiger partial charge >= 0.3 is 6.18 Å². The van der Waals surface area contributed by atoms with Gasteiger partial charge in [0.25, 0.3) is 5.91 Å². The molecule has 8 nitrogen and oxygen atoms in total. The first-order chi connectivity index (χ1) is 14.9. The highest BCUT2D eigenvalue weighted by Gasteiger charge is 2.40. The Hall–Kier alpha value is -2.48. The smallest absolute Gasteiger partial charge is 0.366 e. The van der Waals surface area contributed by atoms with E-state index in [1.807, 2.05) is 0 Å². The van der Waals surface area contributed by atoms with Gasteiger partial charge in [-0.3, -0.25) is 14.5 Å². The topological polar surface area (TPSA) is 113 Å². The Morgan fingerprint density at radius 3 is 2.34 bits per heavy atom. The van der Waals surface area contributed by atoms with Crippen LogP contribution in [0, 0.1) is 0 Å². The number of amides is 2. The van der Waals surface area contributed by atoms with Crippen LogP contribution in [0.25, 0.3) is 0 Å². The number of sulfonamides is 1. The number of benzene rings is 1. The summed E-state index contributed by atoms with van der Waals surface area (Å²) in [4.78, 5) is 24.9. The zero-order chi connectivity index (χ0) is 23.7. The Morgan fingerprint density at radius 2 is 1.75 bits per heavy atom. The number of nitrogens with two attached hydrogens (primary N) is 1. The maximum absolute atomic E-state index is 13.3.